The van der Waals surface area contributed by atoms with Crippen LogP contribution in [0.25, 0.3) is 0 Å². The highest BCUT2D eigenvalue weighted by Crippen LogP contribution is 2.34. The van der Waals surface area contributed by atoms with Crippen molar-refractivity contribution in [2.24, 2.45) is 0 Å². The number of fused-ring (bicyclic) bond motifs is 1. The van der Waals surface area contributed by atoms with Gasteiger partial charge in [-0.25, -0.2) is 0 Å². The number of ether oxygens (including phenoxy) is 2. The quantitative estimate of drug-likeness (QED) is 0.645. The molecule has 0 aliphatic carbocycles. The highest BCUT2D eigenvalue weighted by molar-refractivity contribution is 7.99. The molecular formula is C15H20N2O2S. The van der Waals surface area contributed by atoms with Gasteiger partial charge in [-0.15, -0.1) is 11.8 Å². The molecular weight excluding hydrogens is 272 g/mol. The molecule has 1 unspecified atom stereocenters. The number of nitrogens with zero attached hydrogens (tertiary/aromatic N) is 1. The van der Waals surface area contributed by atoms with Crippen LogP contribution < -0.4 is 14.8 Å². The van der Waals surface area contributed by atoms with Gasteiger partial charge < -0.3 is 14.8 Å². The Balaban J connectivity index is 1.82. The maximum absolute atomic E-state index is 9.08. The summed E-state index contributed by atoms with van der Waals surface area (Å²) in [6.45, 7) is 3.17. The van der Waals surface area contributed by atoms with E-state index in [-0.39, 0.29) is 0 Å². The highest BCUT2D eigenvalue weighted by Gasteiger charge is 2.20. The molecule has 1 aliphatic rings. The van der Waals surface area contributed by atoms with Gasteiger partial charge >= 0.3 is 0 Å². The molecule has 0 amide bonds. The molecule has 1 heterocycles. The first-order chi connectivity index (χ1) is 9.67. The summed E-state index contributed by atoms with van der Waals surface area (Å²) in [4.78, 5) is 1.18. The third-order valence-electron chi connectivity index (χ3n) is 3.40. The number of rotatable bonds is 6. The zero-order valence-corrected chi connectivity index (χ0v) is 12.8. The van der Waals surface area contributed by atoms with Crippen LogP contribution in [-0.2, 0) is 0 Å². The van der Waals surface area contributed by atoms with Crippen molar-refractivity contribution in [3.05, 3.63) is 18.2 Å². The molecule has 0 fully saturated rings. The molecule has 4 nitrogen and oxygen atoms in total. The first kappa shape index (κ1) is 15.0. The molecule has 1 aromatic carbocycles. The van der Waals surface area contributed by atoms with Crippen molar-refractivity contribution in [3.63, 3.8) is 0 Å². The average Bonchev–Trinajstić information content (AvgIpc) is 2.51. The van der Waals surface area contributed by atoms with Gasteiger partial charge in [0.1, 0.15) is 18.8 Å². The first-order valence-electron chi connectivity index (χ1n) is 6.79. The van der Waals surface area contributed by atoms with E-state index in [1.165, 1.54) is 4.90 Å². The third kappa shape index (κ3) is 3.81. The zero-order chi connectivity index (χ0) is 14.4. The van der Waals surface area contributed by atoms with Crippen molar-refractivity contribution in [3.8, 4) is 17.6 Å². The van der Waals surface area contributed by atoms with Crippen LogP contribution in [0, 0.1) is 11.3 Å². The molecule has 1 atom stereocenters. The van der Waals surface area contributed by atoms with E-state index in [0.29, 0.717) is 13.2 Å². The minimum atomic E-state index is -0.423. The first-order valence-corrected chi connectivity index (χ1v) is 7.78. The van der Waals surface area contributed by atoms with Crippen molar-refractivity contribution in [1.29, 1.82) is 5.26 Å². The lowest BCUT2D eigenvalue weighted by atomic mass is 9.99. The van der Waals surface area contributed by atoms with Crippen molar-refractivity contribution in [1.82, 2.24) is 5.32 Å². The van der Waals surface area contributed by atoms with Crippen LogP contribution in [0.5, 0.6) is 11.5 Å². The summed E-state index contributed by atoms with van der Waals surface area (Å²) in [7, 11) is 1.83. The van der Waals surface area contributed by atoms with Crippen molar-refractivity contribution >= 4 is 11.8 Å². The minimum absolute atomic E-state index is 0.423. The minimum Gasteiger partial charge on any atom is -0.486 e. The molecule has 20 heavy (non-hydrogen) atoms. The Bertz CT molecular complexity index is 501. The van der Waals surface area contributed by atoms with E-state index in [9.17, 15) is 0 Å². The van der Waals surface area contributed by atoms with Crippen LogP contribution in [0.2, 0.25) is 0 Å². The van der Waals surface area contributed by atoms with Gasteiger partial charge in [0.05, 0.1) is 6.07 Å². The summed E-state index contributed by atoms with van der Waals surface area (Å²) in [6.07, 6.45) is 1.83. The SMILES string of the molecule is CNC(C)(C#N)CCCSc1ccc2c(c1)OCCO2. The van der Waals surface area contributed by atoms with Crippen molar-refractivity contribution < 1.29 is 9.47 Å². The molecule has 108 valence electrons. The van der Waals surface area contributed by atoms with Crippen LogP contribution >= 0.6 is 11.8 Å². The Labute approximate surface area is 124 Å². The lowest BCUT2D eigenvalue weighted by Crippen LogP contribution is -2.37. The van der Waals surface area contributed by atoms with Gasteiger partial charge in [-0.2, -0.15) is 5.26 Å². The molecule has 0 saturated carbocycles. The van der Waals surface area contributed by atoms with Gasteiger partial charge in [0, 0.05) is 4.90 Å². The van der Waals surface area contributed by atoms with Crippen LogP contribution in [0.15, 0.2) is 23.1 Å². The molecule has 1 aromatic rings. The fraction of sp³-hybridized carbons (Fsp3) is 0.533. The van der Waals surface area contributed by atoms with Gasteiger partial charge in [-0.3, -0.25) is 0 Å². The summed E-state index contributed by atoms with van der Waals surface area (Å²) in [5, 5.41) is 12.1. The molecule has 0 radical (unpaired) electrons. The van der Waals surface area contributed by atoms with E-state index in [1.54, 1.807) is 11.8 Å². The van der Waals surface area contributed by atoms with Crippen LogP contribution in [0.3, 0.4) is 0 Å². The standard InChI is InChI=1S/C15H20N2O2S/c1-15(11-16,17-2)6-3-9-20-12-4-5-13-14(10-12)19-8-7-18-13/h4-5,10,17H,3,6-9H2,1-2H3. The normalized spacial score (nSPS) is 16.2. The van der Waals surface area contributed by atoms with Gasteiger partial charge in [-0.05, 0) is 50.8 Å². The maximum Gasteiger partial charge on any atom is 0.162 e. The molecule has 0 aromatic heterocycles. The lowest BCUT2D eigenvalue weighted by molar-refractivity contribution is 0.171. The second kappa shape index (κ2) is 6.87. The second-order valence-corrected chi connectivity index (χ2v) is 6.12. The Morgan fingerprint density at radius 3 is 2.80 bits per heavy atom. The fourth-order valence-electron chi connectivity index (χ4n) is 1.97. The molecule has 0 bridgehead atoms. The predicted molar refractivity (Wildman–Crippen MR) is 80.5 cm³/mol. The Kier molecular flexibility index (Phi) is 5.16. The lowest BCUT2D eigenvalue weighted by Gasteiger charge is -2.20. The smallest absolute Gasteiger partial charge is 0.162 e. The van der Waals surface area contributed by atoms with E-state index in [2.05, 4.69) is 17.5 Å². The number of nitriles is 1. The van der Waals surface area contributed by atoms with Crippen LogP contribution in [0.4, 0.5) is 0 Å². The predicted octanol–water partition coefficient (Wildman–Crippen LogP) is 2.83. The molecule has 0 saturated heterocycles. The monoisotopic (exact) mass is 292 g/mol. The molecule has 2 rings (SSSR count). The van der Waals surface area contributed by atoms with Crippen molar-refractivity contribution in [2.75, 3.05) is 26.0 Å². The van der Waals surface area contributed by atoms with Crippen molar-refractivity contribution in [2.45, 2.75) is 30.2 Å². The van der Waals surface area contributed by atoms with Gasteiger partial charge in [0.15, 0.2) is 11.5 Å². The molecule has 0 spiro atoms. The van der Waals surface area contributed by atoms with Crippen LogP contribution in [-0.4, -0.2) is 31.6 Å². The largest absolute Gasteiger partial charge is 0.486 e. The van der Waals surface area contributed by atoms with Crippen LogP contribution in [0.1, 0.15) is 19.8 Å². The number of thioether (sulfide) groups is 1. The summed E-state index contributed by atoms with van der Waals surface area (Å²) in [6, 6.07) is 8.36. The number of benzene rings is 1. The van der Waals surface area contributed by atoms with E-state index < -0.39 is 5.54 Å². The second-order valence-electron chi connectivity index (χ2n) is 4.95. The highest BCUT2D eigenvalue weighted by atomic mass is 32.2. The molecule has 5 heteroatoms. The average molecular weight is 292 g/mol. The third-order valence-corrected chi connectivity index (χ3v) is 4.48. The number of nitrogens with one attached hydrogen (secondary N) is 1. The topological polar surface area (TPSA) is 54.3 Å². The summed E-state index contributed by atoms with van der Waals surface area (Å²) < 4.78 is 11.1. The van der Waals surface area contributed by atoms with E-state index in [1.807, 2.05) is 26.1 Å². The summed E-state index contributed by atoms with van der Waals surface area (Å²) >= 11 is 1.78. The number of hydrogen-bond donors (Lipinski definition) is 1. The fourth-order valence-corrected chi connectivity index (χ4v) is 2.85. The van der Waals surface area contributed by atoms with Gasteiger partial charge in [0.2, 0.25) is 0 Å². The molecule has 1 aliphatic heterocycles. The maximum atomic E-state index is 9.08. The van der Waals surface area contributed by atoms with E-state index in [4.69, 9.17) is 14.7 Å². The number of hydrogen-bond acceptors (Lipinski definition) is 5. The zero-order valence-electron chi connectivity index (χ0n) is 11.9. The van der Waals surface area contributed by atoms with Gasteiger partial charge in [0.25, 0.3) is 0 Å². The Hall–Kier alpha value is -1.38. The van der Waals surface area contributed by atoms with E-state index in [0.717, 1.165) is 30.1 Å². The van der Waals surface area contributed by atoms with E-state index >= 15 is 0 Å². The summed E-state index contributed by atoms with van der Waals surface area (Å²) in [5.74, 6) is 2.64. The molecule has 1 N–H and O–H groups in total. The summed E-state index contributed by atoms with van der Waals surface area (Å²) in [5.41, 5.74) is -0.423. The van der Waals surface area contributed by atoms with Gasteiger partial charge in [-0.1, -0.05) is 0 Å². The Morgan fingerprint density at radius 1 is 1.35 bits per heavy atom. The Morgan fingerprint density at radius 2 is 2.10 bits per heavy atom.